The van der Waals surface area contributed by atoms with Gasteiger partial charge in [0, 0.05) is 32.1 Å². The highest BCUT2D eigenvalue weighted by Gasteiger charge is 2.28. The van der Waals surface area contributed by atoms with Gasteiger partial charge in [0.1, 0.15) is 0 Å². The lowest BCUT2D eigenvalue weighted by molar-refractivity contribution is -0.142. The molecule has 1 N–H and O–H groups in total. The smallest absolute Gasteiger partial charge is 0.305 e. The summed E-state index contributed by atoms with van der Waals surface area (Å²) < 4.78 is 5.30. The molecule has 0 aromatic carbocycles. The van der Waals surface area contributed by atoms with Crippen LogP contribution in [-0.4, -0.2) is 72.2 Å². The van der Waals surface area contributed by atoms with Gasteiger partial charge >= 0.3 is 5.97 Å². The number of amides is 1. The van der Waals surface area contributed by atoms with Gasteiger partial charge in [-0.15, -0.1) is 0 Å². The first-order valence-electron chi connectivity index (χ1n) is 7.98. The number of morpholine rings is 1. The lowest BCUT2D eigenvalue weighted by Gasteiger charge is -2.35. The molecule has 0 saturated carbocycles. The van der Waals surface area contributed by atoms with Crippen molar-refractivity contribution in [2.24, 2.45) is 0 Å². The van der Waals surface area contributed by atoms with Crippen molar-refractivity contribution < 1.29 is 19.4 Å². The fourth-order valence-electron chi connectivity index (χ4n) is 3.16. The summed E-state index contributed by atoms with van der Waals surface area (Å²) in [7, 11) is 0. The predicted octanol–water partition coefficient (Wildman–Crippen LogP) is 0.955. The Kier molecular flexibility index (Phi) is 6.45. The molecule has 2 fully saturated rings. The van der Waals surface area contributed by atoms with E-state index < -0.39 is 5.97 Å². The number of hydrogen-bond donors (Lipinski definition) is 1. The number of carbonyl (C=O) groups excluding carboxylic acids is 1. The van der Waals surface area contributed by atoms with Crippen molar-refractivity contribution in [1.82, 2.24) is 9.80 Å². The number of carboxylic acid groups (broad SMARTS) is 1. The van der Waals surface area contributed by atoms with Gasteiger partial charge in [0.2, 0.25) is 5.91 Å². The summed E-state index contributed by atoms with van der Waals surface area (Å²) in [6.45, 7) is 5.08. The molecule has 1 atom stereocenters. The first-order chi connectivity index (χ1) is 10.2. The summed E-state index contributed by atoms with van der Waals surface area (Å²) >= 11 is 0. The van der Waals surface area contributed by atoms with Crippen molar-refractivity contribution in [1.29, 1.82) is 0 Å². The molecular weight excluding hydrogens is 272 g/mol. The highest BCUT2D eigenvalue weighted by Crippen LogP contribution is 2.21. The van der Waals surface area contributed by atoms with E-state index in [4.69, 9.17) is 9.84 Å². The molecule has 6 nitrogen and oxygen atoms in total. The predicted molar refractivity (Wildman–Crippen MR) is 78.1 cm³/mol. The van der Waals surface area contributed by atoms with Gasteiger partial charge in [0.15, 0.2) is 0 Å². The summed E-state index contributed by atoms with van der Waals surface area (Å²) in [6, 6.07) is -0.105. The molecule has 2 rings (SSSR count). The van der Waals surface area contributed by atoms with E-state index >= 15 is 0 Å². The van der Waals surface area contributed by atoms with Crippen molar-refractivity contribution in [2.45, 2.75) is 44.6 Å². The molecule has 21 heavy (non-hydrogen) atoms. The lowest BCUT2D eigenvalue weighted by Crippen LogP contribution is -2.45. The fraction of sp³-hybridized carbons (Fsp3) is 0.867. The van der Waals surface area contributed by atoms with Gasteiger partial charge in [0.05, 0.1) is 19.6 Å². The molecule has 2 aliphatic heterocycles. The Morgan fingerprint density at radius 2 is 1.90 bits per heavy atom. The summed E-state index contributed by atoms with van der Waals surface area (Å²) in [5, 5.41) is 8.96. The average Bonchev–Trinajstić information content (AvgIpc) is 2.48. The standard InChI is InChI=1S/C15H26N2O4/c18-14(5-3-6-16-8-10-21-11-9-16)17-7-2-1-4-13(17)12-15(19)20/h13H,1-12H2,(H,19,20)/t13-/m1/s1. The van der Waals surface area contributed by atoms with Crippen LogP contribution in [0, 0.1) is 0 Å². The monoisotopic (exact) mass is 298 g/mol. The Balaban J connectivity index is 1.73. The summed E-state index contributed by atoms with van der Waals surface area (Å²) in [6.07, 6.45) is 4.28. The number of ether oxygens (including phenoxy) is 1. The van der Waals surface area contributed by atoms with Crippen LogP contribution in [0.5, 0.6) is 0 Å². The average molecular weight is 298 g/mol. The van der Waals surface area contributed by atoms with Crippen LogP contribution in [0.15, 0.2) is 0 Å². The third kappa shape index (κ3) is 5.28. The van der Waals surface area contributed by atoms with Crippen molar-refractivity contribution in [3.05, 3.63) is 0 Å². The molecule has 0 aliphatic carbocycles. The van der Waals surface area contributed by atoms with E-state index in [-0.39, 0.29) is 18.4 Å². The van der Waals surface area contributed by atoms with Crippen LogP contribution in [0.4, 0.5) is 0 Å². The quantitative estimate of drug-likeness (QED) is 0.791. The van der Waals surface area contributed by atoms with Gasteiger partial charge in [-0.3, -0.25) is 14.5 Å². The van der Waals surface area contributed by atoms with E-state index in [0.717, 1.165) is 58.5 Å². The third-order valence-electron chi connectivity index (χ3n) is 4.33. The molecule has 1 amide bonds. The summed E-state index contributed by atoms with van der Waals surface area (Å²) in [4.78, 5) is 27.3. The maximum Gasteiger partial charge on any atom is 0.305 e. The molecule has 0 unspecified atom stereocenters. The normalized spacial score (nSPS) is 24.0. The molecule has 120 valence electrons. The number of rotatable bonds is 6. The molecule has 0 radical (unpaired) electrons. The minimum Gasteiger partial charge on any atom is -0.481 e. The summed E-state index contributed by atoms with van der Waals surface area (Å²) in [5.74, 6) is -0.692. The molecule has 0 aromatic heterocycles. The Labute approximate surface area is 126 Å². The van der Waals surface area contributed by atoms with Gasteiger partial charge in [-0.25, -0.2) is 0 Å². The van der Waals surface area contributed by atoms with Crippen LogP contribution in [0.25, 0.3) is 0 Å². The minimum atomic E-state index is -0.812. The van der Waals surface area contributed by atoms with Crippen LogP contribution in [0.2, 0.25) is 0 Å². The van der Waals surface area contributed by atoms with Crippen molar-refractivity contribution in [3.8, 4) is 0 Å². The number of likely N-dealkylation sites (tertiary alicyclic amines) is 1. The van der Waals surface area contributed by atoms with E-state index in [9.17, 15) is 9.59 Å². The van der Waals surface area contributed by atoms with Crippen LogP contribution < -0.4 is 0 Å². The number of piperidine rings is 1. The first kappa shape index (κ1) is 16.2. The molecule has 0 spiro atoms. The Hall–Kier alpha value is -1.14. The lowest BCUT2D eigenvalue weighted by atomic mass is 9.98. The van der Waals surface area contributed by atoms with Gasteiger partial charge < -0.3 is 14.7 Å². The van der Waals surface area contributed by atoms with Crippen LogP contribution in [-0.2, 0) is 14.3 Å². The van der Waals surface area contributed by atoms with Crippen molar-refractivity contribution in [2.75, 3.05) is 39.4 Å². The SMILES string of the molecule is O=C(O)C[C@H]1CCCCN1C(=O)CCCN1CCOCC1. The van der Waals surface area contributed by atoms with Gasteiger partial charge in [-0.1, -0.05) is 0 Å². The Bertz CT molecular complexity index is 356. The Morgan fingerprint density at radius 1 is 1.14 bits per heavy atom. The largest absolute Gasteiger partial charge is 0.481 e. The maximum atomic E-state index is 12.3. The van der Waals surface area contributed by atoms with Crippen molar-refractivity contribution in [3.63, 3.8) is 0 Å². The topological polar surface area (TPSA) is 70.1 Å². The Morgan fingerprint density at radius 3 is 2.62 bits per heavy atom. The molecule has 2 aliphatic rings. The molecular formula is C15H26N2O4. The first-order valence-corrected chi connectivity index (χ1v) is 7.98. The number of aliphatic carboxylic acids is 1. The third-order valence-corrected chi connectivity index (χ3v) is 4.33. The zero-order valence-corrected chi connectivity index (χ0v) is 12.6. The van der Waals surface area contributed by atoms with Gasteiger partial charge in [-0.05, 0) is 32.2 Å². The number of nitrogens with zero attached hydrogens (tertiary/aromatic N) is 2. The summed E-state index contributed by atoms with van der Waals surface area (Å²) in [5.41, 5.74) is 0. The maximum absolute atomic E-state index is 12.3. The molecule has 6 heteroatoms. The van der Waals surface area contributed by atoms with E-state index in [1.54, 1.807) is 4.90 Å². The van der Waals surface area contributed by atoms with Crippen LogP contribution >= 0.6 is 0 Å². The van der Waals surface area contributed by atoms with E-state index in [1.807, 2.05) is 0 Å². The van der Waals surface area contributed by atoms with Crippen LogP contribution in [0.1, 0.15) is 38.5 Å². The number of hydrogen-bond acceptors (Lipinski definition) is 4. The zero-order valence-electron chi connectivity index (χ0n) is 12.6. The number of carbonyl (C=O) groups is 2. The van der Waals surface area contributed by atoms with E-state index in [2.05, 4.69) is 4.90 Å². The van der Waals surface area contributed by atoms with Gasteiger partial charge in [0.25, 0.3) is 0 Å². The van der Waals surface area contributed by atoms with Crippen molar-refractivity contribution >= 4 is 11.9 Å². The fourth-order valence-corrected chi connectivity index (χ4v) is 3.16. The highest BCUT2D eigenvalue weighted by atomic mass is 16.5. The minimum absolute atomic E-state index is 0.0786. The molecule has 2 saturated heterocycles. The second-order valence-electron chi connectivity index (χ2n) is 5.89. The molecule has 2 heterocycles. The van der Waals surface area contributed by atoms with Crippen LogP contribution in [0.3, 0.4) is 0 Å². The number of carboxylic acids is 1. The second-order valence-corrected chi connectivity index (χ2v) is 5.89. The molecule has 0 bridgehead atoms. The van der Waals surface area contributed by atoms with E-state index in [1.165, 1.54) is 0 Å². The van der Waals surface area contributed by atoms with Gasteiger partial charge in [-0.2, -0.15) is 0 Å². The van der Waals surface area contributed by atoms with E-state index in [0.29, 0.717) is 13.0 Å². The second kappa shape index (κ2) is 8.34. The highest BCUT2D eigenvalue weighted by molar-refractivity contribution is 5.77. The molecule has 0 aromatic rings. The zero-order chi connectivity index (χ0) is 15.1.